The minimum atomic E-state index is -0.344. The fraction of sp³-hybridized carbons (Fsp3) is 0.111. The number of hydrogen-bond acceptors (Lipinski definition) is 2. The van der Waals surface area contributed by atoms with E-state index in [1.165, 1.54) is 24.3 Å². The van der Waals surface area contributed by atoms with Gasteiger partial charge in [-0.1, -0.05) is 15.9 Å². The highest BCUT2D eigenvalue weighted by Crippen LogP contribution is 2.21. The van der Waals surface area contributed by atoms with Crippen LogP contribution in [-0.2, 0) is 0 Å². The van der Waals surface area contributed by atoms with Crippen molar-refractivity contribution in [3.8, 4) is 5.69 Å². The van der Waals surface area contributed by atoms with Crippen LogP contribution in [-0.4, -0.2) is 15.7 Å². The Kier molecular flexibility index (Phi) is 4.49. The molecule has 6 heteroatoms. The van der Waals surface area contributed by atoms with Gasteiger partial charge >= 0.3 is 0 Å². The molecule has 0 atom stereocenters. The van der Waals surface area contributed by atoms with Crippen molar-refractivity contribution in [3.63, 3.8) is 0 Å². The number of rotatable bonds is 3. The number of halogens is 2. The molecule has 0 fully saturated rings. The summed E-state index contributed by atoms with van der Waals surface area (Å²) in [5.41, 5.74) is 3.31. The maximum atomic E-state index is 13.0. The Labute approximate surface area is 147 Å². The van der Waals surface area contributed by atoms with E-state index >= 15 is 0 Å². The number of aromatic nitrogens is 2. The predicted molar refractivity (Wildman–Crippen MR) is 95.1 cm³/mol. The summed E-state index contributed by atoms with van der Waals surface area (Å²) in [6.07, 6.45) is 0. The Hall–Kier alpha value is -2.47. The Morgan fingerprint density at radius 3 is 2.33 bits per heavy atom. The van der Waals surface area contributed by atoms with Crippen molar-refractivity contribution in [1.82, 2.24) is 9.78 Å². The normalized spacial score (nSPS) is 10.7. The molecule has 3 rings (SSSR count). The second-order valence-electron chi connectivity index (χ2n) is 5.40. The monoisotopic (exact) mass is 387 g/mol. The number of anilines is 1. The molecule has 3 aromatic rings. The Morgan fingerprint density at radius 1 is 1.08 bits per heavy atom. The van der Waals surface area contributed by atoms with Crippen molar-refractivity contribution in [3.05, 3.63) is 75.8 Å². The van der Waals surface area contributed by atoms with Crippen LogP contribution in [0.4, 0.5) is 10.1 Å². The predicted octanol–water partition coefficient (Wildman–Crippen LogP) is 4.64. The van der Waals surface area contributed by atoms with Gasteiger partial charge in [-0.05, 0) is 62.4 Å². The molecule has 0 spiro atoms. The summed E-state index contributed by atoms with van der Waals surface area (Å²) in [5.74, 6) is -0.608. The molecule has 1 aromatic heterocycles. The SMILES string of the molecule is Cc1nn(-c2ccc(Br)cc2)c(C)c1C(=O)Nc1ccc(F)cc1. The van der Waals surface area contributed by atoms with Crippen LogP contribution in [0.2, 0.25) is 0 Å². The lowest BCUT2D eigenvalue weighted by Gasteiger charge is -2.07. The van der Waals surface area contributed by atoms with Crippen LogP contribution in [0, 0.1) is 19.7 Å². The molecule has 122 valence electrons. The quantitative estimate of drug-likeness (QED) is 0.711. The van der Waals surface area contributed by atoms with Gasteiger partial charge in [0.1, 0.15) is 5.82 Å². The molecule has 0 aliphatic rings. The van der Waals surface area contributed by atoms with Gasteiger partial charge in [0.05, 0.1) is 22.6 Å². The van der Waals surface area contributed by atoms with E-state index < -0.39 is 0 Å². The van der Waals surface area contributed by atoms with Crippen molar-refractivity contribution < 1.29 is 9.18 Å². The molecule has 0 radical (unpaired) electrons. The molecular weight excluding hydrogens is 373 g/mol. The van der Waals surface area contributed by atoms with Crippen molar-refractivity contribution in [1.29, 1.82) is 0 Å². The van der Waals surface area contributed by atoms with Gasteiger partial charge in [-0.25, -0.2) is 9.07 Å². The number of carbonyl (C=O) groups excluding carboxylic acids is 1. The zero-order chi connectivity index (χ0) is 17.3. The van der Waals surface area contributed by atoms with Gasteiger partial charge in [-0.15, -0.1) is 0 Å². The standard InChI is InChI=1S/C18H15BrFN3O/c1-11-17(18(24)21-15-7-5-14(20)6-8-15)12(2)23(22-11)16-9-3-13(19)4-10-16/h3-10H,1-2H3,(H,21,24). The van der Waals surface area contributed by atoms with Crippen LogP contribution in [0.1, 0.15) is 21.7 Å². The van der Waals surface area contributed by atoms with Crippen molar-refractivity contribution in [2.24, 2.45) is 0 Å². The summed E-state index contributed by atoms with van der Waals surface area (Å²) in [6, 6.07) is 13.3. The Morgan fingerprint density at radius 2 is 1.71 bits per heavy atom. The largest absolute Gasteiger partial charge is 0.322 e. The van der Waals surface area contributed by atoms with Crippen LogP contribution in [0.5, 0.6) is 0 Å². The lowest BCUT2D eigenvalue weighted by molar-refractivity contribution is 0.102. The molecule has 2 aromatic carbocycles. The second kappa shape index (κ2) is 6.57. The van der Waals surface area contributed by atoms with Gasteiger partial charge in [0.25, 0.3) is 5.91 Å². The van der Waals surface area contributed by atoms with E-state index in [9.17, 15) is 9.18 Å². The fourth-order valence-electron chi connectivity index (χ4n) is 2.53. The third kappa shape index (κ3) is 3.23. The third-order valence-electron chi connectivity index (χ3n) is 3.69. The topological polar surface area (TPSA) is 46.9 Å². The molecule has 0 saturated carbocycles. The summed E-state index contributed by atoms with van der Waals surface area (Å²) in [5, 5.41) is 7.24. The van der Waals surface area contributed by atoms with E-state index in [0.717, 1.165) is 15.9 Å². The first-order valence-corrected chi connectivity index (χ1v) is 8.14. The van der Waals surface area contributed by atoms with E-state index in [1.54, 1.807) is 11.6 Å². The highest BCUT2D eigenvalue weighted by atomic mass is 79.9. The van der Waals surface area contributed by atoms with E-state index in [1.807, 2.05) is 31.2 Å². The lowest BCUT2D eigenvalue weighted by Crippen LogP contribution is -2.14. The van der Waals surface area contributed by atoms with Crippen LogP contribution in [0.15, 0.2) is 53.0 Å². The first-order chi connectivity index (χ1) is 11.5. The summed E-state index contributed by atoms with van der Waals surface area (Å²) in [6.45, 7) is 3.64. The summed E-state index contributed by atoms with van der Waals surface area (Å²) < 4.78 is 15.7. The molecule has 1 heterocycles. The third-order valence-corrected chi connectivity index (χ3v) is 4.22. The molecule has 1 N–H and O–H groups in total. The van der Waals surface area contributed by atoms with Gasteiger partial charge in [-0.3, -0.25) is 4.79 Å². The van der Waals surface area contributed by atoms with Crippen LogP contribution in [0.3, 0.4) is 0 Å². The Bertz CT molecular complexity index is 886. The zero-order valence-electron chi connectivity index (χ0n) is 13.2. The number of nitrogens with zero attached hydrogens (tertiary/aromatic N) is 2. The molecular formula is C18H15BrFN3O. The summed E-state index contributed by atoms with van der Waals surface area (Å²) in [7, 11) is 0. The second-order valence-corrected chi connectivity index (χ2v) is 6.31. The minimum absolute atomic E-state index is 0.264. The van der Waals surface area contributed by atoms with Crippen LogP contribution >= 0.6 is 15.9 Å². The fourth-order valence-corrected chi connectivity index (χ4v) is 2.80. The summed E-state index contributed by atoms with van der Waals surface area (Å²) >= 11 is 3.40. The van der Waals surface area contributed by atoms with Crippen molar-refractivity contribution in [2.45, 2.75) is 13.8 Å². The van der Waals surface area contributed by atoms with E-state index in [-0.39, 0.29) is 11.7 Å². The van der Waals surface area contributed by atoms with Crippen molar-refractivity contribution >= 4 is 27.5 Å². The van der Waals surface area contributed by atoms with E-state index in [2.05, 4.69) is 26.3 Å². The first kappa shape index (κ1) is 16.4. The first-order valence-electron chi connectivity index (χ1n) is 7.35. The maximum Gasteiger partial charge on any atom is 0.259 e. The number of aryl methyl sites for hydroxylation is 1. The highest BCUT2D eigenvalue weighted by molar-refractivity contribution is 9.10. The number of benzene rings is 2. The van der Waals surface area contributed by atoms with Crippen molar-refractivity contribution in [2.75, 3.05) is 5.32 Å². The minimum Gasteiger partial charge on any atom is -0.322 e. The molecule has 0 bridgehead atoms. The number of carbonyl (C=O) groups is 1. The molecule has 24 heavy (non-hydrogen) atoms. The number of hydrogen-bond donors (Lipinski definition) is 1. The van der Waals surface area contributed by atoms with E-state index in [0.29, 0.717) is 16.9 Å². The Balaban J connectivity index is 1.92. The molecule has 0 unspecified atom stereocenters. The van der Waals surface area contributed by atoms with Crippen LogP contribution in [0.25, 0.3) is 5.69 Å². The number of nitrogens with one attached hydrogen (secondary N) is 1. The number of amides is 1. The molecule has 4 nitrogen and oxygen atoms in total. The zero-order valence-corrected chi connectivity index (χ0v) is 14.8. The van der Waals surface area contributed by atoms with Gasteiger partial charge < -0.3 is 5.32 Å². The molecule has 0 aliphatic carbocycles. The highest BCUT2D eigenvalue weighted by Gasteiger charge is 2.19. The van der Waals surface area contributed by atoms with Gasteiger partial charge in [0.2, 0.25) is 0 Å². The molecule has 1 amide bonds. The smallest absolute Gasteiger partial charge is 0.259 e. The van der Waals surface area contributed by atoms with Gasteiger partial charge in [0.15, 0.2) is 0 Å². The van der Waals surface area contributed by atoms with Gasteiger partial charge in [0, 0.05) is 10.2 Å². The molecule has 0 aliphatic heterocycles. The average Bonchev–Trinajstić information content (AvgIpc) is 2.85. The van der Waals surface area contributed by atoms with Crippen LogP contribution < -0.4 is 5.32 Å². The maximum absolute atomic E-state index is 13.0. The lowest BCUT2D eigenvalue weighted by atomic mass is 10.1. The van der Waals surface area contributed by atoms with Gasteiger partial charge in [-0.2, -0.15) is 5.10 Å². The average molecular weight is 388 g/mol. The molecule has 0 saturated heterocycles. The van der Waals surface area contributed by atoms with E-state index in [4.69, 9.17) is 0 Å². The summed E-state index contributed by atoms with van der Waals surface area (Å²) in [4.78, 5) is 12.6.